The van der Waals surface area contributed by atoms with Gasteiger partial charge in [-0.3, -0.25) is 14.5 Å². The van der Waals surface area contributed by atoms with Crippen molar-refractivity contribution in [3.8, 4) is 5.75 Å². The lowest BCUT2D eigenvalue weighted by Crippen LogP contribution is -2.54. The molecule has 1 fully saturated rings. The summed E-state index contributed by atoms with van der Waals surface area (Å²) >= 11 is 0. The van der Waals surface area contributed by atoms with Gasteiger partial charge >= 0.3 is 0 Å². The van der Waals surface area contributed by atoms with Gasteiger partial charge in [-0.1, -0.05) is 19.9 Å². The summed E-state index contributed by atoms with van der Waals surface area (Å²) in [6, 6.07) is 5.44. The molecule has 0 spiro atoms. The first-order valence-corrected chi connectivity index (χ1v) is 11.8. The fourth-order valence-electron chi connectivity index (χ4n) is 3.38. The molecule has 1 heterocycles. The van der Waals surface area contributed by atoms with E-state index in [1.807, 2.05) is 31.7 Å². The van der Waals surface area contributed by atoms with Gasteiger partial charge < -0.3 is 15.4 Å². The van der Waals surface area contributed by atoms with Crippen molar-refractivity contribution < 1.29 is 22.7 Å². The van der Waals surface area contributed by atoms with Gasteiger partial charge in [0.05, 0.1) is 25.9 Å². The van der Waals surface area contributed by atoms with Gasteiger partial charge in [0.2, 0.25) is 11.8 Å². The number of aryl methyl sites for hydroxylation is 1. The third-order valence-corrected chi connectivity index (χ3v) is 7.32. The van der Waals surface area contributed by atoms with E-state index in [1.165, 1.54) is 15.7 Å². The molecule has 1 aromatic carbocycles. The third kappa shape index (κ3) is 6.89. The topological polar surface area (TPSA) is 111 Å². The Balaban J connectivity index is 1.78. The predicted octanol–water partition coefficient (Wildman–Crippen LogP) is 0.263. The molecule has 1 aliphatic rings. The lowest BCUT2D eigenvalue weighted by molar-refractivity contribution is -0.125. The first kappa shape index (κ1) is 25.1. The molecule has 2 rings (SSSR count). The average Bonchev–Trinajstić information content (AvgIpc) is 2.73. The number of carbonyl (C=O) groups is 2. The van der Waals surface area contributed by atoms with E-state index in [2.05, 4.69) is 10.6 Å². The first-order chi connectivity index (χ1) is 14.7. The van der Waals surface area contributed by atoms with Crippen molar-refractivity contribution in [1.82, 2.24) is 18.8 Å². The van der Waals surface area contributed by atoms with Gasteiger partial charge in [0.25, 0.3) is 10.2 Å². The molecular weight excluding hydrogens is 422 g/mol. The first-order valence-electron chi connectivity index (χ1n) is 10.4. The lowest BCUT2D eigenvalue weighted by Gasteiger charge is -2.35. The van der Waals surface area contributed by atoms with Crippen LogP contribution in [0.2, 0.25) is 0 Å². The summed E-state index contributed by atoms with van der Waals surface area (Å²) in [4.78, 5) is 26.3. The maximum atomic E-state index is 12.6. The van der Waals surface area contributed by atoms with Gasteiger partial charge in [0.15, 0.2) is 0 Å². The summed E-state index contributed by atoms with van der Waals surface area (Å²) in [7, 11) is -1.94. The zero-order valence-electron chi connectivity index (χ0n) is 18.7. The Hall–Kier alpha value is -2.21. The number of piperazine rings is 1. The summed E-state index contributed by atoms with van der Waals surface area (Å²) in [5.74, 6) is -0.0957. The average molecular weight is 456 g/mol. The summed E-state index contributed by atoms with van der Waals surface area (Å²) in [6.45, 7) is 7.92. The van der Waals surface area contributed by atoms with Gasteiger partial charge in [0, 0.05) is 39.3 Å². The number of hydrogen-bond donors (Lipinski definition) is 2. The van der Waals surface area contributed by atoms with Crippen LogP contribution in [0.4, 0.5) is 5.69 Å². The predicted molar refractivity (Wildman–Crippen MR) is 119 cm³/mol. The van der Waals surface area contributed by atoms with Crippen LogP contribution in [0.5, 0.6) is 5.75 Å². The number of benzene rings is 1. The van der Waals surface area contributed by atoms with E-state index >= 15 is 0 Å². The Morgan fingerprint density at radius 1 is 1.10 bits per heavy atom. The maximum Gasteiger partial charge on any atom is 0.282 e. The monoisotopic (exact) mass is 455 g/mol. The second kappa shape index (κ2) is 11.4. The zero-order chi connectivity index (χ0) is 23.0. The molecule has 0 bridgehead atoms. The molecule has 0 aromatic heterocycles. The van der Waals surface area contributed by atoms with E-state index in [9.17, 15) is 18.0 Å². The number of amides is 2. The van der Waals surface area contributed by atoms with E-state index in [1.54, 1.807) is 12.1 Å². The Bertz CT molecular complexity index is 865. The van der Waals surface area contributed by atoms with Crippen LogP contribution in [0.15, 0.2) is 18.2 Å². The highest BCUT2D eigenvalue weighted by atomic mass is 32.2. The molecule has 2 N–H and O–H groups in total. The molecule has 1 aliphatic heterocycles. The van der Waals surface area contributed by atoms with Gasteiger partial charge in [-0.05, 0) is 24.6 Å². The van der Waals surface area contributed by atoms with Crippen molar-refractivity contribution in [3.63, 3.8) is 0 Å². The number of anilines is 1. The van der Waals surface area contributed by atoms with Gasteiger partial charge in [-0.2, -0.15) is 17.0 Å². The smallest absolute Gasteiger partial charge is 0.282 e. The molecular formula is C20H33N5O5S. The Morgan fingerprint density at radius 3 is 2.32 bits per heavy atom. The van der Waals surface area contributed by atoms with E-state index in [4.69, 9.17) is 4.74 Å². The van der Waals surface area contributed by atoms with E-state index in [-0.39, 0.29) is 24.9 Å². The van der Waals surface area contributed by atoms with Gasteiger partial charge in [-0.25, -0.2) is 0 Å². The molecule has 10 nitrogen and oxygen atoms in total. The second-order valence-corrected chi connectivity index (χ2v) is 9.22. The van der Waals surface area contributed by atoms with Crippen molar-refractivity contribution in [1.29, 1.82) is 0 Å². The summed E-state index contributed by atoms with van der Waals surface area (Å²) in [5, 5.41) is 5.34. The van der Waals surface area contributed by atoms with Crippen LogP contribution in [0, 0.1) is 6.92 Å². The van der Waals surface area contributed by atoms with Crippen LogP contribution in [0.1, 0.15) is 19.4 Å². The Morgan fingerprint density at radius 2 is 1.74 bits per heavy atom. The summed E-state index contributed by atoms with van der Waals surface area (Å²) < 4.78 is 33.3. The summed E-state index contributed by atoms with van der Waals surface area (Å²) in [6.07, 6.45) is 0. The van der Waals surface area contributed by atoms with Crippen molar-refractivity contribution in [2.45, 2.75) is 20.8 Å². The van der Waals surface area contributed by atoms with Gasteiger partial charge in [-0.15, -0.1) is 0 Å². The van der Waals surface area contributed by atoms with Crippen molar-refractivity contribution in [2.24, 2.45) is 0 Å². The molecule has 0 atom stereocenters. The van der Waals surface area contributed by atoms with Crippen LogP contribution in [-0.2, 0) is 19.8 Å². The fraction of sp³-hybridized carbons (Fsp3) is 0.600. The highest BCUT2D eigenvalue weighted by Gasteiger charge is 2.31. The number of nitrogens with one attached hydrogen (secondary N) is 2. The van der Waals surface area contributed by atoms with E-state index in [0.29, 0.717) is 50.7 Å². The van der Waals surface area contributed by atoms with Crippen LogP contribution in [-0.4, -0.2) is 93.2 Å². The Kier molecular flexibility index (Phi) is 9.23. The minimum absolute atomic E-state index is 0.111. The second-order valence-electron chi connectivity index (χ2n) is 7.30. The number of methoxy groups -OCH3 is 1. The SMILES string of the molecule is CCN(CC)S(=O)(=O)N1CCN(CC(=O)NCC(=O)Nc2cc(C)ccc2OC)CC1. The standard InChI is InChI=1S/C20H33N5O5S/c1-5-24(6-2)31(28,29)25-11-9-23(10-12-25)15-20(27)21-14-19(26)22-17-13-16(3)7-8-18(17)30-4/h7-8,13H,5-6,9-12,14-15H2,1-4H3,(H,21,27)(H,22,26). The molecule has 174 valence electrons. The number of ether oxygens (including phenoxy) is 1. The zero-order valence-corrected chi connectivity index (χ0v) is 19.5. The molecule has 11 heteroatoms. The quantitative estimate of drug-likeness (QED) is 0.524. The van der Waals surface area contributed by atoms with Crippen LogP contribution >= 0.6 is 0 Å². The highest BCUT2D eigenvalue weighted by Crippen LogP contribution is 2.24. The fourth-order valence-corrected chi connectivity index (χ4v) is 4.99. The molecule has 0 unspecified atom stereocenters. The minimum atomic E-state index is -3.46. The molecule has 31 heavy (non-hydrogen) atoms. The Labute approximate surface area is 184 Å². The van der Waals surface area contributed by atoms with Crippen molar-refractivity contribution >= 4 is 27.7 Å². The number of nitrogens with zero attached hydrogens (tertiary/aromatic N) is 3. The molecule has 1 saturated heterocycles. The number of carbonyl (C=O) groups excluding carboxylic acids is 2. The molecule has 0 radical (unpaired) electrons. The van der Waals surface area contributed by atoms with E-state index in [0.717, 1.165) is 5.56 Å². The molecule has 0 saturated carbocycles. The lowest BCUT2D eigenvalue weighted by atomic mass is 10.2. The summed E-state index contributed by atoms with van der Waals surface area (Å²) in [5.41, 5.74) is 1.52. The third-order valence-electron chi connectivity index (χ3n) is 5.13. The largest absolute Gasteiger partial charge is 0.495 e. The number of hydrogen-bond acceptors (Lipinski definition) is 6. The molecule has 0 aliphatic carbocycles. The van der Waals surface area contributed by atoms with Crippen molar-refractivity contribution in [2.75, 3.05) is 64.8 Å². The van der Waals surface area contributed by atoms with E-state index < -0.39 is 10.2 Å². The van der Waals surface area contributed by atoms with Crippen molar-refractivity contribution in [3.05, 3.63) is 23.8 Å². The van der Waals surface area contributed by atoms with Crippen LogP contribution in [0.25, 0.3) is 0 Å². The van der Waals surface area contributed by atoms with Gasteiger partial charge in [0.1, 0.15) is 5.75 Å². The molecule has 2 amide bonds. The highest BCUT2D eigenvalue weighted by molar-refractivity contribution is 7.86. The number of rotatable bonds is 10. The van der Waals surface area contributed by atoms with Crippen LogP contribution < -0.4 is 15.4 Å². The van der Waals surface area contributed by atoms with Crippen LogP contribution in [0.3, 0.4) is 0 Å². The normalized spacial score (nSPS) is 15.6. The minimum Gasteiger partial charge on any atom is -0.495 e. The maximum absolute atomic E-state index is 12.6. The molecule has 1 aromatic rings.